The molecule has 0 unspecified atom stereocenters. The maximum atomic E-state index is 15.4. The topological polar surface area (TPSA) is 128 Å². The van der Waals surface area contributed by atoms with Crippen molar-refractivity contribution in [2.24, 2.45) is 5.10 Å². The largest absolute Gasteiger partial charge is 0.497 e. The number of anilines is 1. The minimum Gasteiger partial charge on any atom is -0.497 e. The number of non-ortho nitro benzene ring substituents is 2. The van der Waals surface area contributed by atoms with Gasteiger partial charge >= 0.3 is 0 Å². The molecular formula is C37H26N4O6. The molecule has 10 heteroatoms. The summed E-state index contributed by atoms with van der Waals surface area (Å²) < 4.78 is 5.40. The van der Waals surface area contributed by atoms with Crippen molar-refractivity contribution in [3.05, 3.63) is 175 Å². The summed E-state index contributed by atoms with van der Waals surface area (Å²) in [5, 5.41) is 29.9. The number of benzene rings is 5. The van der Waals surface area contributed by atoms with Gasteiger partial charge in [-0.1, -0.05) is 54.6 Å². The van der Waals surface area contributed by atoms with Gasteiger partial charge in [0.25, 0.3) is 11.4 Å². The average molecular weight is 623 g/mol. The van der Waals surface area contributed by atoms with Gasteiger partial charge in [-0.3, -0.25) is 25.0 Å². The summed E-state index contributed by atoms with van der Waals surface area (Å²) >= 11 is 0. The molecule has 1 spiro atoms. The number of hydrogen-bond donors (Lipinski definition) is 0. The summed E-state index contributed by atoms with van der Waals surface area (Å²) in [6.07, 6.45) is 1.75. The number of para-hydroxylation sites is 1. The van der Waals surface area contributed by atoms with Crippen molar-refractivity contribution in [3.8, 4) is 5.75 Å². The first kappa shape index (κ1) is 29.3. The summed E-state index contributed by atoms with van der Waals surface area (Å²) in [4.78, 5) is 37.4. The number of carbonyl (C=O) groups excluding carboxylic acids is 1. The Morgan fingerprint density at radius 2 is 1.36 bits per heavy atom. The van der Waals surface area contributed by atoms with Crippen LogP contribution in [0.5, 0.6) is 5.75 Å². The second-order valence-electron chi connectivity index (χ2n) is 11.2. The number of nitro benzene ring substituents is 2. The van der Waals surface area contributed by atoms with Gasteiger partial charge in [-0.15, -0.1) is 0 Å². The van der Waals surface area contributed by atoms with E-state index < -0.39 is 21.3 Å². The molecule has 230 valence electrons. The summed E-state index contributed by atoms with van der Waals surface area (Å²) in [6, 6.07) is 36.7. The molecule has 0 N–H and O–H groups in total. The molecule has 1 aliphatic heterocycles. The Bertz CT molecular complexity index is 2090. The predicted molar refractivity (Wildman–Crippen MR) is 178 cm³/mol. The number of Topliss-reactive ketones (excluding diaryl/α,β-unsaturated/α-hetero) is 1. The van der Waals surface area contributed by atoms with E-state index in [9.17, 15) is 20.2 Å². The van der Waals surface area contributed by atoms with Gasteiger partial charge in [0.15, 0.2) is 11.3 Å². The third-order valence-corrected chi connectivity index (χ3v) is 8.69. The Balaban J connectivity index is 1.51. The summed E-state index contributed by atoms with van der Waals surface area (Å²) in [6.45, 7) is 0. The standard InChI is InChI=1S/C37H26N4O6/c1-47-30-21-15-26(16-22-30)35-34(25-13-19-29(20-14-25)41(45)46)37(39(38-35)27-7-3-2-4-8-27)33-10-6-5-9-31(33)32(36(37)42)23-24-11-17-28(18-12-24)40(43)44/h2-23,34H,1H3/b32-23+/t34-,37-/m0/s1. The third-order valence-electron chi connectivity index (χ3n) is 8.69. The Hall–Kier alpha value is -6.42. The molecule has 1 aliphatic carbocycles. The molecule has 5 aromatic rings. The molecule has 0 saturated heterocycles. The lowest BCUT2D eigenvalue weighted by molar-refractivity contribution is -0.385. The molecule has 0 bridgehead atoms. The van der Waals surface area contributed by atoms with Crippen LogP contribution in [-0.4, -0.2) is 28.5 Å². The van der Waals surface area contributed by atoms with Crippen molar-refractivity contribution in [1.82, 2.24) is 0 Å². The van der Waals surface area contributed by atoms with Gasteiger partial charge in [0.1, 0.15) is 5.75 Å². The first-order chi connectivity index (χ1) is 22.8. The number of fused-ring (bicyclic) bond motifs is 2. The van der Waals surface area contributed by atoms with Crippen molar-refractivity contribution < 1.29 is 19.4 Å². The SMILES string of the molecule is COc1ccc(C2=NN(c3ccccc3)[C@]3(C(=O)/C(=C/c4ccc([N+](=O)[O-])cc4)c4ccccc43)[C@H]2c2ccc([N+](=O)[O-])cc2)cc1. The smallest absolute Gasteiger partial charge is 0.269 e. The highest BCUT2D eigenvalue weighted by molar-refractivity contribution is 6.36. The average Bonchev–Trinajstić information content (AvgIpc) is 3.58. The normalized spacial score (nSPS) is 19.1. The van der Waals surface area contributed by atoms with Crippen LogP contribution in [0.15, 0.2) is 132 Å². The summed E-state index contributed by atoms with van der Waals surface area (Å²) in [5.74, 6) is -0.269. The molecule has 10 nitrogen and oxygen atoms in total. The number of carbonyl (C=O) groups is 1. The highest BCUT2D eigenvalue weighted by Gasteiger charge is 2.63. The Morgan fingerprint density at radius 1 is 0.766 bits per heavy atom. The van der Waals surface area contributed by atoms with Crippen LogP contribution < -0.4 is 9.75 Å². The van der Waals surface area contributed by atoms with Gasteiger partial charge in [0.05, 0.1) is 34.3 Å². The number of hydrogen-bond acceptors (Lipinski definition) is 8. The highest BCUT2D eigenvalue weighted by Crippen LogP contribution is 2.58. The molecule has 47 heavy (non-hydrogen) atoms. The quantitative estimate of drug-likeness (QED) is 0.104. The number of nitro groups is 2. The second-order valence-corrected chi connectivity index (χ2v) is 11.2. The molecular weight excluding hydrogens is 596 g/mol. The highest BCUT2D eigenvalue weighted by atomic mass is 16.6. The number of nitrogens with zero attached hydrogens (tertiary/aromatic N) is 4. The van der Waals surface area contributed by atoms with Crippen LogP contribution in [0.2, 0.25) is 0 Å². The van der Waals surface area contributed by atoms with Gasteiger partial charge in [-0.2, -0.15) is 5.10 Å². The summed E-state index contributed by atoms with van der Waals surface area (Å²) in [7, 11) is 1.58. The maximum absolute atomic E-state index is 15.4. The van der Waals surface area contributed by atoms with Crippen molar-refractivity contribution in [1.29, 1.82) is 0 Å². The lowest BCUT2D eigenvalue weighted by atomic mass is 9.71. The molecule has 0 radical (unpaired) electrons. The number of ketones is 1. The van der Waals surface area contributed by atoms with Crippen molar-refractivity contribution in [3.63, 3.8) is 0 Å². The van der Waals surface area contributed by atoms with Gasteiger partial charge in [0.2, 0.25) is 0 Å². The fraction of sp³-hybridized carbons (Fsp3) is 0.0811. The molecule has 0 aromatic heterocycles. The first-order valence-electron chi connectivity index (χ1n) is 14.8. The molecule has 1 heterocycles. The minimum atomic E-state index is -1.42. The molecule has 7 rings (SSSR count). The third kappa shape index (κ3) is 4.74. The fourth-order valence-electron chi connectivity index (χ4n) is 6.57. The molecule has 2 aliphatic rings. The Morgan fingerprint density at radius 3 is 1.98 bits per heavy atom. The lowest BCUT2D eigenvalue weighted by Crippen LogP contribution is -2.49. The maximum Gasteiger partial charge on any atom is 0.269 e. The van der Waals surface area contributed by atoms with Crippen LogP contribution in [0.25, 0.3) is 11.6 Å². The zero-order chi connectivity index (χ0) is 32.7. The van der Waals surface area contributed by atoms with Crippen molar-refractivity contribution >= 4 is 40.2 Å². The Labute approximate surface area is 269 Å². The van der Waals surface area contributed by atoms with Gasteiger partial charge in [0, 0.05) is 29.8 Å². The summed E-state index contributed by atoms with van der Waals surface area (Å²) in [5.41, 5.74) is 3.64. The van der Waals surface area contributed by atoms with E-state index in [0.717, 1.165) is 11.1 Å². The molecule has 5 aromatic carbocycles. The second kappa shape index (κ2) is 11.5. The lowest BCUT2D eigenvalue weighted by Gasteiger charge is -2.38. The monoisotopic (exact) mass is 622 g/mol. The van der Waals surface area contributed by atoms with E-state index >= 15 is 4.79 Å². The van der Waals surface area contributed by atoms with E-state index in [-0.39, 0.29) is 17.2 Å². The predicted octanol–water partition coefficient (Wildman–Crippen LogP) is 7.54. The molecule has 0 amide bonds. The van der Waals surface area contributed by atoms with Crippen molar-refractivity contribution in [2.75, 3.05) is 12.1 Å². The van der Waals surface area contributed by atoms with Gasteiger partial charge < -0.3 is 4.74 Å². The minimum absolute atomic E-state index is 0.0522. The van der Waals surface area contributed by atoms with E-state index in [4.69, 9.17) is 9.84 Å². The van der Waals surface area contributed by atoms with Gasteiger partial charge in [-0.25, -0.2) is 5.01 Å². The Kier molecular flexibility index (Phi) is 7.17. The number of rotatable bonds is 7. The van der Waals surface area contributed by atoms with E-state index in [1.165, 1.54) is 24.3 Å². The van der Waals surface area contributed by atoms with Crippen LogP contribution in [0.3, 0.4) is 0 Å². The fourth-order valence-corrected chi connectivity index (χ4v) is 6.57. The zero-order valence-electron chi connectivity index (χ0n) is 25.0. The zero-order valence-corrected chi connectivity index (χ0v) is 25.0. The first-order valence-corrected chi connectivity index (χ1v) is 14.8. The molecule has 2 atom stereocenters. The van der Waals surface area contributed by atoms with E-state index in [0.29, 0.717) is 39.4 Å². The van der Waals surface area contributed by atoms with E-state index in [1.54, 1.807) is 42.5 Å². The number of methoxy groups -OCH3 is 1. The van der Waals surface area contributed by atoms with Crippen LogP contribution in [0.1, 0.15) is 33.7 Å². The van der Waals surface area contributed by atoms with Crippen LogP contribution in [-0.2, 0) is 10.3 Å². The van der Waals surface area contributed by atoms with Crippen LogP contribution in [0.4, 0.5) is 17.1 Å². The number of ether oxygens (including phenoxy) is 1. The van der Waals surface area contributed by atoms with Crippen LogP contribution in [0, 0.1) is 20.2 Å². The van der Waals surface area contributed by atoms with E-state index in [2.05, 4.69) is 0 Å². The van der Waals surface area contributed by atoms with E-state index in [1.807, 2.05) is 78.9 Å². The number of hydrazone groups is 1. The van der Waals surface area contributed by atoms with Crippen LogP contribution >= 0.6 is 0 Å². The molecule has 0 saturated carbocycles. The molecule has 0 fully saturated rings. The van der Waals surface area contributed by atoms with Crippen molar-refractivity contribution in [2.45, 2.75) is 11.5 Å². The van der Waals surface area contributed by atoms with Gasteiger partial charge in [-0.05, 0) is 82.4 Å².